The molecule has 3 nitrogen and oxygen atoms in total. The van der Waals surface area contributed by atoms with Crippen LogP contribution in [-0.2, 0) is 4.79 Å². The van der Waals surface area contributed by atoms with Crippen LogP contribution in [-0.4, -0.2) is 28.6 Å². The molecule has 0 radical (unpaired) electrons. The van der Waals surface area contributed by atoms with E-state index in [0.717, 1.165) is 17.3 Å². The first kappa shape index (κ1) is 14.5. The molecule has 1 saturated carbocycles. The minimum absolute atomic E-state index is 0.0937. The second-order valence-electron chi connectivity index (χ2n) is 4.95. The van der Waals surface area contributed by atoms with E-state index in [1.807, 2.05) is 6.92 Å². The van der Waals surface area contributed by atoms with Gasteiger partial charge in [0.15, 0.2) is 0 Å². The fourth-order valence-corrected chi connectivity index (χ4v) is 2.72. The van der Waals surface area contributed by atoms with Gasteiger partial charge in [-0.3, -0.25) is 9.69 Å². The Morgan fingerprint density at radius 1 is 1.58 bits per heavy atom. The third-order valence-electron chi connectivity index (χ3n) is 3.51. The van der Waals surface area contributed by atoms with Crippen molar-refractivity contribution in [3.05, 3.63) is 34.1 Å². The van der Waals surface area contributed by atoms with Crippen LogP contribution in [0.25, 0.3) is 0 Å². The van der Waals surface area contributed by atoms with E-state index in [0.29, 0.717) is 18.2 Å². The van der Waals surface area contributed by atoms with Gasteiger partial charge in [-0.05, 0) is 38.0 Å². The molecule has 1 aliphatic carbocycles. The van der Waals surface area contributed by atoms with Crippen molar-refractivity contribution >= 4 is 21.9 Å². The summed E-state index contributed by atoms with van der Waals surface area (Å²) in [5, 5.41) is 8.81. The number of hydrogen-bond acceptors (Lipinski definition) is 2. The van der Waals surface area contributed by atoms with Gasteiger partial charge in [-0.25, -0.2) is 4.39 Å². The molecule has 1 N–H and O–H groups in total. The van der Waals surface area contributed by atoms with Crippen molar-refractivity contribution in [2.75, 3.05) is 6.54 Å². The summed E-state index contributed by atoms with van der Waals surface area (Å²) in [4.78, 5) is 12.8. The molecule has 1 fully saturated rings. The molecule has 0 aromatic heterocycles. The first-order valence-electron chi connectivity index (χ1n) is 6.41. The summed E-state index contributed by atoms with van der Waals surface area (Å²) in [6, 6.07) is 5.18. The summed E-state index contributed by atoms with van der Waals surface area (Å²) in [6.07, 6.45) is 2.23. The van der Waals surface area contributed by atoms with Crippen molar-refractivity contribution in [1.29, 1.82) is 0 Å². The summed E-state index contributed by atoms with van der Waals surface area (Å²) >= 11 is 3.35. The molecule has 2 rings (SSSR count). The van der Waals surface area contributed by atoms with Crippen LogP contribution >= 0.6 is 15.9 Å². The third kappa shape index (κ3) is 3.76. The Bertz CT molecular complexity index is 477. The summed E-state index contributed by atoms with van der Waals surface area (Å²) in [6.45, 7) is 2.40. The van der Waals surface area contributed by atoms with Gasteiger partial charge >= 0.3 is 5.97 Å². The number of carboxylic acids is 1. The lowest BCUT2D eigenvalue weighted by molar-refractivity contribution is -0.137. The molecule has 5 heteroatoms. The normalized spacial score (nSPS) is 16.6. The lowest BCUT2D eigenvalue weighted by Crippen LogP contribution is -2.32. The van der Waals surface area contributed by atoms with E-state index in [9.17, 15) is 9.18 Å². The molecule has 0 spiro atoms. The number of carbonyl (C=O) groups is 1. The Hall–Kier alpha value is -0.940. The van der Waals surface area contributed by atoms with Crippen molar-refractivity contribution in [3.8, 4) is 0 Å². The molecule has 1 unspecified atom stereocenters. The van der Waals surface area contributed by atoms with Crippen LogP contribution in [0.3, 0.4) is 0 Å². The maximum Gasteiger partial charge on any atom is 0.304 e. The molecule has 1 aromatic rings. The first-order valence-corrected chi connectivity index (χ1v) is 7.21. The highest BCUT2D eigenvalue weighted by Crippen LogP contribution is 2.35. The zero-order valence-corrected chi connectivity index (χ0v) is 12.4. The molecule has 1 atom stereocenters. The zero-order chi connectivity index (χ0) is 14.0. The van der Waals surface area contributed by atoms with Crippen LogP contribution in [0.15, 0.2) is 22.7 Å². The minimum Gasteiger partial charge on any atom is -0.481 e. The maximum atomic E-state index is 13.9. The average molecular weight is 330 g/mol. The number of aliphatic carboxylic acids is 1. The lowest BCUT2D eigenvalue weighted by Gasteiger charge is -2.29. The van der Waals surface area contributed by atoms with Crippen LogP contribution in [0, 0.1) is 5.82 Å². The fourth-order valence-electron chi connectivity index (χ4n) is 2.34. The molecule has 0 bridgehead atoms. The van der Waals surface area contributed by atoms with E-state index in [4.69, 9.17) is 5.11 Å². The number of hydrogen-bond donors (Lipinski definition) is 1. The van der Waals surface area contributed by atoms with Crippen molar-refractivity contribution in [2.45, 2.75) is 38.3 Å². The number of benzene rings is 1. The quantitative estimate of drug-likeness (QED) is 0.867. The fraction of sp³-hybridized carbons (Fsp3) is 0.500. The van der Waals surface area contributed by atoms with Crippen LogP contribution in [0.2, 0.25) is 0 Å². The van der Waals surface area contributed by atoms with Gasteiger partial charge in [0.1, 0.15) is 5.82 Å². The van der Waals surface area contributed by atoms with E-state index in [1.54, 1.807) is 12.1 Å². The molecule has 19 heavy (non-hydrogen) atoms. The molecule has 0 heterocycles. The number of nitrogens with zero attached hydrogens (tertiary/aromatic N) is 1. The SMILES string of the molecule is CC(c1cc(Br)ccc1F)N(CCC(=O)O)C1CC1. The van der Waals surface area contributed by atoms with Gasteiger partial charge in [0, 0.05) is 28.7 Å². The van der Waals surface area contributed by atoms with E-state index in [1.165, 1.54) is 6.07 Å². The van der Waals surface area contributed by atoms with E-state index < -0.39 is 5.97 Å². The summed E-state index contributed by atoms with van der Waals surface area (Å²) in [5.41, 5.74) is 0.617. The third-order valence-corrected chi connectivity index (χ3v) is 4.00. The Kier molecular flexibility index (Phi) is 4.58. The Labute approximate surface area is 120 Å². The van der Waals surface area contributed by atoms with Crippen molar-refractivity contribution in [3.63, 3.8) is 0 Å². The average Bonchev–Trinajstić information content (AvgIpc) is 3.16. The Morgan fingerprint density at radius 3 is 2.84 bits per heavy atom. The molecule has 0 aliphatic heterocycles. The molecule has 1 aromatic carbocycles. The monoisotopic (exact) mass is 329 g/mol. The van der Waals surface area contributed by atoms with Gasteiger partial charge in [0.25, 0.3) is 0 Å². The number of halogens is 2. The van der Waals surface area contributed by atoms with E-state index >= 15 is 0 Å². The van der Waals surface area contributed by atoms with Gasteiger partial charge in [-0.15, -0.1) is 0 Å². The van der Waals surface area contributed by atoms with Crippen LogP contribution in [0.5, 0.6) is 0 Å². The standard InChI is InChI=1S/C14H17BrFNO2/c1-9(12-8-10(15)2-5-13(12)16)17(11-3-4-11)7-6-14(18)19/h2,5,8-9,11H,3-4,6-7H2,1H3,(H,18,19). The van der Waals surface area contributed by atoms with E-state index in [-0.39, 0.29) is 18.3 Å². The maximum absolute atomic E-state index is 13.9. The molecular formula is C14H17BrFNO2. The van der Waals surface area contributed by atoms with Gasteiger partial charge in [0.05, 0.1) is 6.42 Å². The summed E-state index contributed by atoms with van der Waals surface area (Å²) in [5.74, 6) is -1.05. The second kappa shape index (κ2) is 6.01. The largest absolute Gasteiger partial charge is 0.481 e. The topological polar surface area (TPSA) is 40.5 Å². The highest BCUT2D eigenvalue weighted by Gasteiger charge is 2.33. The second-order valence-corrected chi connectivity index (χ2v) is 5.87. The van der Waals surface area contributed by atoms with Crippen molar-refractivity contribution in [1.82, 2.24) is 4.90 Å². The van der Waals surface area contributed by atoms with Gasteiger partial charge in [-0.2, -0.15) is 0 Å². The lowest BCUT2D eigenvalue weighted by atomic mass is 10.1. The first-order chi connectivity index (χ1) is 8.99. The van der Waals surface area contributed by atoms with Gasteiger partial charge in [-0.1, -0.05) is 15.9 Å². The highest BCUT2D eigenvalue weighted by atomic mass is 79.9. The minimum atomic E-state index is -0.812. The smallest absolute Gasteiger partial charge is 0.304 e. The molecule has 1 aliphatic rings. The predicted octanol–water partition coefficient (Wildman–Crippen LogP) is 3.59. The predicted molar refractivity (Wildman–Crippen MR) is 74.5 cm³/mol. The molecular weight excluding hydrogens is 313 g/mol. The molecule has 104 valence electrons. The molecule has 0 saturated heterocycles. The number of carboxylic acid groups (broad SMARTS) is 1. The van der Waals surface area contributed by atoms with E-state index in [2.05, 4.69) is 20.8 Å². The highest BCUT2D eigenvalue weighted by molar-refractivity contribution is 9.10. The van der Waals surface area contributed by atoms with Crippen molar-refractivity contribution < 1.29 is 14.3 Å². The Balaban J connectivity index is 2.16. The van der Waals surface area contributed by atoms with Crippen LogP contribution in [0.4, 0.5) is 4.39 Å². The summed E-state index contributed by atoms with van der Waals surface area (Å²) in [7, 11) is 0. The van der Waals surface area contributed by atoms with Crippen LogP contribution < -0.4 is 0 Å². The Morgan fingerprint density at radius 2 is 2.26 bits per heavy atom. The summed E-state index contributed by atoms with van der Waals surface area (Å²) < 4.78 is 14.7. The van der Waals surface area contributed by atoms with Gasteiger partial charge < -0.3 is 5.11 Å². The zero-order valence-electron chi connectivity index (χ0n) is 10.8. The van der Waals surface area contributed by atoms with Crippen molar-refractivity contribution in [2.24, 2.45) is 0 Å². The molecule has 0 amide bonds. The number of rotatable bonds is 6. The van der Waals surface area contributed by atoms with Crippen LogP contribution in [0.1, 0.15) is 37.8 Å². The van der Waals surface area contributed by atoms with Gasteiger partial charge in [0.2, 0.25) is 0 Å².